The molecule has 0 N–H and O–H groups in total. The first kappa shape index (κ1) is 13.2. The average molecular weight is 220 g/mol. The highest BCUT2D eigenvalue weighted by Gasteiger charge is 2.24. The van der Waals surface area contributed by atoms with Crippen LogP contribution in [0.1, 0.15) is 76.2 Å². The largest absolute Gasteiger partial charge is 0.200 e. The Hall–Kier alpha value is -0.850. The summed E-state index contributed by atoms with van der Waals surface area (Å²) < 4.78 is 2.42. The van der Waals surface area contributed by atoms with Crippen LogP contribution in [-0.2, 0) is 0 Å². The molecule has 0 atom stereocenters. The lowest BCUT2D eigenvalue weighted by atomic mass is 9.91. The van der Waals surface area contributed by atoms with Crippen molar-refractivity contribution in [3.63, 3.8) is 0 Å². The van der Waals surface area contributed by atoms with Crippen molar-refractivity contribution >= 4 is 0 Å². The summed E-state index contributed by atoms with van der Waals surface area (Å²) in [6.45, 7) is 15.9. The third kappa shape index (κ3) is 2.45. The lowest BCUT2D eigenvalue weighted by Crippen LogP contribution is -2.42. The Morgan fingerprint density at radius 1 is 0.938 bits per heavy atom. The van der Waals surface area contributed by atoms with Crippen molar-refractivity contribution in [2.75, 3.05) is 0 Å². The number of nitrogens with zero attached hydrogens (tertiary/aromatic N) is 1. The van der Waals surface area contributed by atoms with Crippen LogP contribution < -0.4 is 4.57 Å². The van der Waals surface area contributed by atoms with Gasteiger partial charge in [-0.3, -0.25) is 0 Å². The van der Waals surface area contributed by atoms with Gasteiger partial charge in [0.15, 0.2) is 17.9 Å². The predicted octanol–water partition coefficient (Wildman–Crippen LogP) is 4.11. The van der Waals surface area contributed by atoms with E-state index in [-0.39, 0.29) is 0 Å². The Kier molecular flexibility index (Phi) is 4.12. The highest BCUT2D eigenvalue weighted by Crippen LogP contribution is 2.26. The maximum absolute atomic E-state index is 2.42. The second-order valence-electron chi connectivity index (χ2n) is 5.61. The molecule has 16 heavy (non-hydrogen) atoms. The van der Waals surface area contributed by atoms with E-state index in [9.17, 15) is 0 Å². The lowest BCUT2D eigenvalue weighted by Gasteiger charge is -2.18. The monoisotopic (exact) mass is 220 g/mol. The van der Waals surface area contributed by atoms with E-state index in [0.29, 0.717) is 17.9 Å². The summed E-state index contributed by atoms with van der Waals surface area (Å²) in [7, 11) is 0. The Labute approximate surface area is 101 Å². The van der Waals surface area contributed by atoms with Gasteiger partial charge < -0.3 is 0 Å². The molecule has 1 heterocycles. The molecule has 0 bridgehead atoms. The van der Waals surface area contributed by atoms with Gasteiger partial charge in [0, 0.05) is 17.5 Å². The zero-order valence-corrected chi connectivity index (χ0v) is 11.8. The van der Waals surface area contributed by atoms with Crippen LogP contribution in [-0.4, -0.2) is 0 Å². The molecule has 1 rings (SSSR count). The maximum atomic E-state index is 2.42. The number of hydrogen-bond donors (Lipinski definition) is 0. The maximum Gasteiger partial charge on any atom is 0.187 e. The van der Waals surface area contributed by atoms with Crippen molar-refractivity contribution in [3.8, 4) is 0 Å². The van der Waals surface area contributed by atoms with E-state index in [0.717, 1.165) is 0 Å². The molecule has 0 aliphatic rings. The normalized spacial score (nSPS) is 11.9. The van der Waals surface area contributed by atoms with Crippen LogP contribution in [0, 0.1) is 6.92 Å². The van der Waals surface area contributed by atoms with Gasteiger partial charge in [0.1, 0.15) is 0 Å². The van der Waals surface area contributed by atoms with E-state index >= 15 is 0 Å². The summed E-state index contributed by atoms with van der Waals surface area (Å²) in [5, 5.41) is 0. The summed E-state index contributed by atoms with van der Waals surface area (Å²) in [5.41, 5.74) is 4.46. The fourth-order valence-electron chi connectivity index (χ4n) is 2.51. The first-order valence-corrected chi connectivity index (χ1v) is 6.40. The predicted molar refractivity (Wildman–Crippen MR) is 69.9 cm³/mol. The SMILES string of the molecule is Cc1cc[n+](C(C)C)c(C(C)C)c1C(C)C. The lowest BCUT2D eigenvalue weighted by molar-refractivity contribution is -0.724. The van der Waals surface area contributed by atoms with Gasteiger partial charge in [-0.15, -0.1) is 0 Å². The molecule has 1 heteroatoms. The Morgan fingerprint density at radius 3 is 1.88 bits per heavy atom. The van der Waals surface area contributed by atoms with Crippen LogP contribution in [0.4, 0.5) is 0 Å². The van der Waals surface area contributed by atoms with Crippen LogP contribution >= 0.6 is 0 Å². The molecule has 0 aromatic carbocycles. The fourth-order valence-corrected chi connectivity index (χ4v) is 2.51. The highest BCUT2D eigenvalue weighted by molar-refractivity contribution is 5.30. The molecular weight excluding hydrogens is 194 g/mol. The molecule has 1 aromatic rings. The van der Waals surface area contributed by atoms with Gasteiger partial charge >= 0.3 is 0 Å². The van der Waals surface area contributed by atoms with Gasteiger partial charge in [-0.2, -0.15) is 4.57 Å². The van der Waals surface area contributed by atoms with E-state index in [2.05, 4.69) is 65.3 Å². The van der Waals surface area contributed by atoms with Gasteiger partial charge in [-0.05, 0) is 32.3 Å². The number of hydrogen-bond acceptors (Lipinski definition) is 0. The molecule has 0 amide bonds. The number of pyridine rings is 1. The standard InChI is InChI=1S/C15H26N/c1-10(2)14-13(7)8-9-16(12(5)6)15(14)11(3)4/h8-12H,1-7H3/q+1. The molecule has 1 nitrogen and oxygen atoms in total. The van der Waals surface area contributed by atoms with Crippen molar-refractivity contribution < 1.29 is 4.57 Å². The molecule has 0 radical (unpaired) electrons. The first-order valence-electron chi connectivity index (χ1n) is 6.40. The van der Waals surface area contributed by atoms with Gasteiger partial charge in [-0.25, -0.2) is 0 Å². The summed E-state index contributed by atoms with van der Waals surface area (Å²) in [6.07, 6.45) is 2.24. The second-order valence-corrected chi connectivity index (χ2v) is 5.61. The molecule has 0 aliphatic carbocycles. The molecular formula is C15H26N+. The van der Waals surface area contributed by atoms with Crippen molar-refractivity contribution in [1.29, 1.82) is 0 Å². The van der Waals surface area contributed by atoms with Crippen molar-refractivity contribution in [2.24, 2.45) is 0 Å². The third-order valence-corrected chi connectivity index (χ3v) is 3.14. The summed E-state index contributed by atoms with van der Waals surface area (Å²) >= 11 is 0. The molecule has 0 spiro atoms. The third-order valence-electron chi connectivity index (χ3n) is 3.14. The molecule has 0 saturated carbocycles. The highest BCUT2D eigenvalue weighted by atomic mass is 15.0. The second kappa shape index (κ2) is 4.99. The minimum atomic E-state index is 0.537. The minimum Gasteiger partial charge on any atom is -0.200 e. The number of aromatic nitrogens is 1. The molecule has 0 unspecified atom stereocenters. The number of aryl methyl sites for hydroxylation is 1. The van der Waals surface area contributed by atoms with Crippen molar-refractivity contribution in [2.45, 2.75) is 66.3 Å². The zero-order chi connectivity index (χ0) is 12.5. The molecule has 1 aromatic heterocycles. The zero-order valence-electron chi connectivity index (χ0n) is 11.8. The summed E-state index contributed by atoms with van der Waals surface area (Å²) in [4.78, 5) is 0. The van der Waals surface area contributed by atoms with E-state index < -0.39 is 0 Å². The van der Waals surface area contributed by atoms with E-state index in [1.54, 1.807) is 0 Å². The topological polar surface area (TPSA) is 3.88 Å². The van der Waals surface area contributed by atoms with E-state index in [4.69, 9.17) is 0 Å². The van der Waals surface area contributed by atoms with E-state index in [1.165, 1.54) is 16.8 Å². The quantitative estimate of drug-likeness (QED) is 0.675. The first-order chi connectivity index (χ1) is 7.36. The van der Waals surface area contributed by atoms with Crippen LogP contribution in [0.25, 0.3) is 0 Å². The van der Waals surface area contributed by atoms with Crippen LogP contribution in [0.15, 0.2) is 12.3 Å². The van der Waals surface area contributed by atoms with Crippen molar-refractivity contribution in [1.82, 2.24) is 0 Å². The van der Waals surface area contributed by atoms with Gasteiger partial charge in [0.2, 0.25) is 0 Å². The van der Waals surface area contributed by atoms with Crippen LogP contribution in [0.2, 0.25) is 0 Å². The average Bonchev–Trinajstić information content (AvgIpc) is 2.15. The Bertz CT molecular complexity index is 362. The van der Waals surface area contributed by atoms with Gasteiger partial charge in [-0.1, -0.05) is 27.7 Å². The van der Waals surface area contributed by atoms with Crippen molar-refractivity contribution in [3.05, 3.63) is 29.1 Å². The van der Waals surface area contributed by atoms with Crippen LogP contribution in [0.5, 0.6) is 0 Å². The minimum absolute atomic E-state index is 0.537. The summed E-state index contributed by atoms with van der Waals surface area (Å²) in [5.74, 6) is 1.18. The molecule has 0 aliphatic heterocycles. The number of rotatable bonds is 3. The smallest absolute Gasteiger partial charge is 0.187 e. The molecule has 90 valence electrons. The molecule has 0 fully saturated rings. The Morgan fingerprint density at radius 2 is 1.50 bits per heavy atom. The summed E-state index contributed by atoms with van der Waals surface area (Å²) in [6, 6.07) is 2.79. The molecule has 0 saturated heterocycles. The van der Waals surface area contributed by atoms with E-state index in [1.807, 2.05) is 0 Å². The Balaban J connectivity index is 3.50. The van der Waals surface area contributed by atoms with Crippen LogP contribution in [0.3, 0.4) is 0 Å². The van der Waals surface area contributed by atoms with Gasteiger partial charge in [0.05, 0.1) is 0 Å². The van der Waals surface area contributed by atoms with Gasteiger partial charge in [0.25, 0.3) is 0 Å². The fraction of sp³-hybridized carbons (Fsp3) is 0.667.